The number of amides is 1. The van der Waals surface area contributed by atoms with Crippen LogP contribution in [-0.4, -0.2) is 36.5 Å². The van der Waals surface area contributed by atoms with Crippen molar-refractivity contribution in [3.8, 4) is 0 Å². The first-order chi connectivity index (χ1) is 15.8. The SMILES string of the molecule is COC(=O)c1ccc2c(c1)CCC21CC2(CCN1C(=O)OCc1ccccc1)CC(F)(F)C2. The zero-order chi connectivity index (χ0) is 23.3. The number of benzene rings is 2. The lowest BCUT2D eigenvalue weighted by Crippen LogP contribution is -2.61. The second-order valence-electron chi connectivity index (χ2n) is 9.72. The van der Waals surface area contributed by atoms with Crippen LogP contribution in [0.1, 0.15) is 59.2 Å². The van der Waals surface area contributed by atoms with Crippen molar-refractivity contribution in [3.63, 3.8) is 0 Å². The third-order valence-electron chi connectivity index (χ3n) is 7.58. The first-order valence-electron chi connectivity index (χ1n) is 11.3. The van der Waals surface area contributed by atoms with Crippen LogP contribution in [0.5, 0.6) is 0 Å². The van der Waals surface area contributed by atoms with Crippen molar-refractivity contribution in [2.24, 2.45) is 5.41 Å². The molecule has 3 aliphatic rings. The van der Waals surface area contributed by atoms with E-state index in [1.807, 2.05) is 36.4 Å². The van der Waals surface area contributed by atoms with Crippen molar-refractivity contribution < 1.29 is 27.8 Å². The number of methoxy groups -OCH3 is 1. The molecule has 1 heterocycles. The van der Waals surface area contributed by atoms with Gasteiger partial charge in [-0.15, -0.1) is 0 Å². The number of likely N-dealkylation sites (tertiary alicyclic amines) is 1. The van der Waals surface area contributed by atoms with Gasteiger partial charge in [0.25, 0.3) is 0 Å². The summed E-state index contributed by atoms with van der Waals surface area (Å²) in [4.78, 5) is 27.1. The molecule has 2 aromatic rings. The highest BCUT2D eigenvalue weighted by atomic mass is 19.3. The lowest BCUT2D eigenvalue weighted by atomic mass is 9.56. The number of fused-ring (bicyclic) bond motifs is 2. The molecule has 5 nitrogen and oxygen atoms in total. The van der Waals surface area contributed by atoms with Crippen molar-refractivity contribution in [2.75, 3.05) is 13.7 Å². The van der Waals surface area contributed by atoms with E-state index in [1.165, 1.54) is 7.11 Å². The van der Waals surface area contributed by atoms with Crippen LogP contribution in [-0.2, 0) is 28.0 Å². The average Bonchev–Trinajstić information content (AvgIpc) is 3.14. The molecule has 7 heteroatoms. The van der Waals surface area contributed by atoms with Crippen molar-refractivity contribution in [2.45, 2.75) is 56.6 Å². The average molecular weight is 456 g/mol. The minimum Gasteiger partial charge on any atom is -0.465 e. The number of hydrogen-bond acceptors (Lipinski definition) is 4. The number of ether oxygens (including phenoxy) is 2. The number of aryl methyl sites for hydroxylation is 1. The fourth-order valence-electron chi connectivity index (χ4n) is 6.22. The number of esters is 1. The Hall–Kier alpha value is -2.96. The Labute approximate surface area is 191 Å². The zero-order valence-corrected chi connectivity index (χ0v) is 18.6. The van der Waals surface area contributed by atoms with Gasteiger partial charge in [0, 0.05) is 19.4 Å². The number of nitrogens with zero attached hydrogens (tertiary/aromatic N) is 1. The molecule has 2 aromatic carbocycles. The number of hydrogen-bond donors (Lipinski definition) is 0. The summed E-state index contributed by atoms with van der Waals surface area (Å²) in [5.74, 6) is -3.05. The molecule has 1 saturated carbocycles. The molecule has 0 aromatic heterocycles. The highest BCUT2D eigenvalue weighted by Crippen LogP contribution is 2.64. The largest absolute Gasteiger partial charge is 0.465 e. The Morgan fingerprint density at radius 2 is 1.79 bits per heavy atom. The van der Waals surface area contributed by atoms with Gasteiger partial charge >= 0.3 is 12.1 Å². The quantitative estimate of drug-likeness (QED) is 0.577. The first kappa shape index (κ1) is 21.9. The maximum absolute atomic E-state index is 13.9. The lowest BCUT2D eigenvalue weighted by Gasteiger charge is -2.58. The Kier molecular flexibility index (Phi) is 5.18. The maximum atomic E-state index is 13.9. The van der Waals surface area contributed by atoms with Crippen molar-refractivity contribution in [3.05, 3.63) is 70.8 Å². The summed E-state index contributed by atoms with van der Waals surface area (Å²) in [7, 11) is 1.34. The van der Waals surface area contributed by atoms with Crippen LogP contribution in [0.15, 0.2) is 48.5 Å². The molecule has 5 rings (SSSR count). The van der Waals surface area contributed by atoms with E-state index < -0.39 is 28.9 Å². The number of carbonyl (C=O) groups excluding carboxylic acids is 2. The van der Waals surface area contributed by atoms with Crippen molar-refractivity contribution in [1.82, 2.24) is 4.90 Å². The highest BCUT2D eigenvalue weighted by molar-refractivity contribution is 5.89. The van der Waals surface area contributed by atoms with Gasteiger partial charge in [0.1, 0.15) is 6.61 Å². The van der Waals surface area contributed by atoms with Crippen LogP contribution in [0.2, 0.25) is 0 Å². The molecule has 1 aliphatic heterocycles. The van der Waals surface area contributed by atoms with E-state index in [9.17, 15) is 18.4 Å². The predicted octanol–water partition coefficient (Wildman–Crippen LogP) is 5.46. The van der Waals surface area contributed by atoms with E-state index >= 15 is 0 Å². The molecule has 0 radical (unpaired) electrons. The fourth-order valence-corrected chi connectivity index (χ4v) is 6.22. The molecule has 2 fully saturated rings. The summed E-state index contributed by atoms with van der Waals surface area (Å²) >= 11 is 0. The van der Waals surface area contributed by atoms with E-state index in [-0.39, 0.29) is 19.4 Å². The summed E-state index contributed by atoms with van der Waals surface area (Å²) in [5.41, 5.74) is 2.06. The molecule has 1 unspecified atom stereocenters. The van der Waals surface area contributed by atoms with E-state index in [1.54, 1.807) is 17.0 Å². The summed E-state index contributed by atoms with van der Waals surface area (Å²) in [6.45, 7) is 0.533. The van der Waals surface area contributed by atoms with Crippen LogP contribution in [0, 0.1) is 5.41 Å². The van der Waals surface area contributed by atoms with Crippen LogP contribution >= 0.6 is 0 Å². The third-order valence-corrected chi connectivity index (χ3v) is 7.58. The second kappa shape index (κ2) is 7.82. The van der Waals surface area contributed by atoms with Gasteiger partial charge in [-0.25, -0.2) is 18.4 Å². The van der Waals surface area contributed by atoms with Gasteiger partial charge in [-0.05, 0) is 59.9 Å². The summed E-state index contributed by atoms with van der Waals surface area (Å²) in [5, 5.41) is 0. The molecule has 1 atom stereocenters. The van der Waals surface area contributed by atoms with Gasteiger partial charge in [0.2, 0.25) is 5.92 Å². The van der Waals surface area contributed by atoms with Crippen LogP contribution in [0.3, 0.4) is 0 Å². The molecular weight excluding hydrogens is 428 g/mol. The Balaban J connectivity index is 1.46. The molecule has 2 spiro atoms. The molecule has 1 saturated heterocycles. The minimum absolute atomic E-state index is 0.135. The minimum atomic E-state index is -2.63. The summed E-state index contributed by atoms with van der Waals surface area (Å²) in [6, 6.07) is 14.8. The van der Waals surface area contributed by atoms with Crippen molar-refractivity contribution >= 4 is 12.1 Å². The maximum Gasteiger partial charge on any atom is 0.410 e. The molecule has 33 heavy (non-hydrogen) atoms. The fraction of sp³-hybridized carbons (Fsp3) is 0.462. The molecular formula is C26H27F2NO4. The molecule has 1 amide bonds. The topological polar surface area (TPSA) is 55.8 Å². The first-order valence-corrected chi connectivity index (χ1v) is 11.3. The Morgan fingerprint density at radius 3 is 2.48 bits per heavy atom. The van der Waals surface area contributed by atoms with Gasteiger partial charge in [0.15, 0.2) is 0 Å². The number of piperidine rings is 1. The highest BCUT2D eigenvalue weighted by Gasteiger charge is 2.63. The molecule has 0 bridgehead atoms. The third kappa shape index (κ3) is 3.77. The van der Waals surface area contributed by atoms with Crippen LogP contribution < -0.4 is 0 Å². The standard InChI is InChI=1S/C26H27F2NO4/c1-32-22(30)20-7-8-21-19(13-20)9-10-25(21)15-24(16-26(27,28)17-24)11-12-29(25)23(31)33-14-18-5-3-2-4-6-18/h2-8,13H,9-12,14-17H2,1H3. The van der Waals surface area contributed by atoms with E-state index in [0.29, 0.717) is 37.8 Å². The Bertz CT molecular complexity index is 1080. The molecule has 0 N–H and O–H groups in total. The summed E-state index contributed by atoms with van der Waals surface area (Å²) < 4.78 is 38.4. The van der Waals surface area contributed by atoms with Gasteiger partial charge in [-0.3, -0.25) is 4.90 Å². The molecule has 2 aliphatic carbocycles. The lowest BCUT2D eigenvalue weighted by molar-refractivity contribution is -0.195. The molecule has 174 valence electrons. The number of carbonyl (C=O) groups is 2. The van der Waals surface area contributed by atoms with Gasteiger partial charge in [0.05, 0.1) is 18.2 Å². The zero-order valence-electron chi connectivity index (χ0n) is 18.6. The van der Waals surface area contributed by atoms with Crippen LogP contribution in [0.25, 0.3) is 0 Å². The normalized spacial score (nSPS) is 24.3. The monoisotopic (exact) mass is 455 g/mol. The van der Waals surface area contributed by atoms with Gasteiger partial charge < -0.3 is 9.47 Å². The number of alkyl halides is 2. The van der Waals surface area contributed by atoms with Crippen LogP contribution in [0.4, 0.5) is 13.6 Å². The van der Waals surface area contributed by atoms with E-state index in [2.05, 4.69) is 0 Å². The number of rotatable bonds is 3. The van der Waals surface area contributed by atoms with Gasteiger partial charge in [-0.2, -0.15) is 0 Å². The van der Waals surface area contributed by atoms with Crippen molar-refractivity contribution in [1.29, 1.82) is 0 Å². The smallest absolute Gasteiger partial charge is 0.410 e. The van der Waals surface area contributed by atoms with E-state index in [4.69, 9.17) is 9.47 Å². The second-order valence-corrected chi connectivity index (χ2v) is 9.72. The number of halogens is 2. The predicted molar refractivity (Wildman–Crippen MR) is 117 cm³/mol. The summed E-state index contributed by atoms with van der Waals surface area (Å²) in [6.07, 6.45) is 1.62. The van der Waals surface area contributed by atoms with E-state index in [0.717, 1.165) is 16.7 Å². The Morgan fingerprint density at radius 1 is 1.03 bits per heavy atom. The van der Waals surface area contributed by atoms with Gasteiger partial charge in [-0.1, -0.05) is 36.4 Å².